The monoisotopic (exact) mass is 384 g/mol. The topological polar surface area (TPSA) is 93.1 Å². The lowest BCUT2D eigenvalue weighted by atomic mass is 10.1. The zero-order valence-electron chi connectivity index (χ0n) is 14.7. The van der Waals surface area contributed by atoms with Crippen molar-refractivity contribution < 1.29 is 9.59 Å². The van der Waals surface area contributed by atoms with Gasteiger partial charge in [-0.05, 0) is 49.4 Å². The molecule has 0 radical (unpaired) electrons. The molecule has 0 saturated heterocycles. The van der Waals surface area contributed by atoms with Gasteiger partial charge in [-0.1, -0.05) is 11.6 Å². The predicted octanol–water partition coefficient (Wildman–Crippen LogP) is 2.68. The Morgan fingerprint density at radius 3 is 2.44 bits per heavy atom. The maximum absolute atomic E-state index is 12.7. The van der Waals surface area contributed by atoms with Crippen molar-refractivity contribution in [3.8, 4) is 0 Å². The number of halogens is 1. The van der Waals surface area contributed by atoms with E-state index in [4.69, 9.17) is 11.6 Å². The largest absolute Gasteiger partial charge is 0.355 e. The maximum atomic E-state index is 12.7. The van der Waals surface area contributed by atoms with Crippen molar-refractivity contribution in [1.29, 1.82) is 0 Å². The minimum absolute atomic E-state index is 0.220. The lowest BCUT2D eigenvalue weighted by molar-refractivity contribution is 0.0962. The van der Waals surface area contributed by atoms with Gasteiger partial charge < -0.3 is 10.6 Å². The summed E-state index contributed by atoms with van der Waals surface area (Å²) >= 11 is 6.00. The van der Waals surface area contributed by atoms with Crippen LogP contribution in [0.25, 0.3) is 10.9 Å². The molecule has 3 rings (SSSR count). The van der Waals surface area contributed by atoms with E-state index < -0.39 is 11.3 Å². The third kappa shape index (κ3) is 3.68. The number of fused-ring (bicyclic) bond motifs is 1. The molecule has 0 aliphatic rings. The highest BCUT2D eigenvalue weighted by atomic mass is 35.5. The molecule has 0 fully saturated rings. The summed E-state index contributed by atoms with van der Waals surface area (Å²) in [5.74, 6) is -0.858. The van der Waals surface area contributed by atoms with Gasteiger partial charge in [0.25, 0.3) is 11.8 Å². The summed E-state index contributed by atoms with van der Waals surface area (Å²) in [7, 11) is 1.54. The predicted molar refractivity (Wildman–Crippen MR) is 104 cm³/mol. The fraction of sp³-hybridized carbons (Fsp3) is 0.158. The normalized spacial score (nSPS) is 10.6. The van der Waals surface area contributed by atoms with Crippen molar-refractivity contribution in [2.24, 2.45) is 0 Å². The van der Waals surface area contributed by atoms with Gasteiger partial charge in [-0.2, -0.15) is 5.10 Å². The Balaban J connectivity index is 1.97. The molecule has 27 heavy (non-hydrogen) atoms. The molecule has 2 amide bonds. The van der Waals surface area contributed by atoms with E-state index in [2.05, 4.69) is 15.7 Å². The second-order valence-electron chi connectivity index (χ2n) is 5.77. The Bertz CT molecular complexity index is 1090. The fourth-order valence-electron chi connectivity index (χ4n) is 2.69. The highest BCUT2D eigenvalue weighted by Crippen LogP contribution is 2.17. The number of benzene rings is 2. The Morgan fingerprint density at radius 2 is 1.81 bits per heavy atom. The Hall–Kier alpha value is -3.19. The molecule has 2 N–H and O–H groups in total. The van der Waals surface area contributed by atoms with Gasteiger partial charge in [0.1, 0.15) is 0 Å². The molecule has 1 aromatic heterocycles. The molecule has 0 atom stereocenters. The zero-order chi connectivity index (χ0) is 19.6. The number of rotatable bonds is 4. The van der Waals surface area contributed by atoms with Gasteiger partial charge in [-0.25, -0.2) is 0 Å². The molecule has 8 heteroatoms. The van der Waals surface area contributed by atoms with Crippen LogP contribution < -0.4 is 16.1 Å². The number of aryl methyl sites for hydroxylation is 1. The number of hydrogen-bond donors (Lipinski definition) is 2. The van der Waals surface area contributed by atoms with E-state index in [-0.39, 0.29) is 11.6 Å². The molecule has 0 unspecified atom stereocenters. The summed E-state index contributed by atoms with van der Waals surface area (Å²) < 4.78 is 1.58. The number of nitrogens with one attached hydrogen (secondary N) is 2. The van der Waals surface area contributed by atoms with Crippen molar-refractivity contribution in [1.82, 2.24) is 15.1 Å². The van der Waals surface area contributed by atoms with Crippen LogP contribution >= 0.6 is 11.6 Å². The minimum atomic E-state index is -0.628. The molecular weight excluding hydrogens is 368 g/mol. The first-order valence-electron chi connectivity index (χ1n) is 8.28. The van der Waals surface area contributed by atoms with Crippen LogP contribution in [0.4, 0.5) is 5.69 Å². The van der Waals surface area contributed by atoms with E-state index >= 15 is 0 Å². The van der Waals surface area contributed by atoms with Crippen molar-refractivity contribution in [3.63, 3.8) is 0 Å². The first kappa shape index (κ1) is 18.6. The summed E-state index contributed by atoms with van der Waals surface area (Å²) in [5, 5.41) is 10.1. The van der Waals surface area contributed by atoms with Crippen molar-refractivity contribution in [2.75, 3.05) is 12.4 Å². The van der Waals surface area contributed by atoms with Crippen LogP contribution in [0.15, 0.2) is 47.3 Å². The summed E-state index contributed by atoms with van der Waals surface area (Å²) in [5.41, 5.74) is 0.808. The van der Waals surface area contributed by atoms with E-state index in [0.717, 1.165) is 0 Å². The highest BCUT2D eigenvalue weighted by Gasteiger charge is 2.18. The Kier molecular flexibility index (Phi) is 5.23. The van der Waals surface area contributed by atoms with Gasteiger partial charge in [0.15, 0.2) is 5.69 Å². The van der Waals surface area contributed by atoms with E-state index in [9.17, 15) is 14.4 Å². The zero-order valence-corrected chi connectivity index (χ0v) is 15.5. The number of aromatic nitrogens is 2. The van der Waals surface area contributed by atoms with E-state index in [0.29, 0.717) is 33.7 Å². The van der Waals surface area contributed by atoms with Crippen LogP contribution in [0, 0.1) is 0 Å². The van der Waals surface area contributed by atoms with E-state index in [1.165, 1.54) is 13.1 Å². The molecule has 3 aromatic rings. The first-order chi connectivity index (χ1) is 12.9. The quantitative estimate of drug-likeness (QED) is 0.723. The van der Waals surface area contributed by atoms with Crippen LogP contribution in [0.3, 0.4) is 0 Å². The molecule has 1 heterocycles. The Labute approximate surface area is 160 Å². The average Bonchev–Trinajstić information content (AvgIpc) is 2.68. The molecule has 0 saturated carbocycles. The van der Waals surface area contributed by atoms with Crippen LogP contribution in [0.2, 0.25) is 5.02 Å². The van der Waals surface area contributed by atoms with Crippen LogP contribution in [0.1, 0.15) is 27.8 Å². The second-order valence-corrected chi connectivity index (χ2v) is 6.20. The lowest BCUT2D eigenvalue weighted by Gasteiger charge is -2.11. The lowest BCUT2D eigenvalue weighted by Crippen LogP contribution is -2.27. The SMILES string of the molecule is CCn1nc(C(=O)Nc2ccc(C(=O)NC)cc2)c(=O)c2cc(Cl)ccc21. The van der Waals surface area contributed by atoms with Crippen molar-refractivity contribution in [2.45, 2.75) is 13.5 Å². The van der Waals surface area contributed by atoms with Gasteiger partial charge in [0.2, 0.25) is 5.43 Å². The van der Waals surface area contributed by atoms with Crippen LogP contribution in [0.5, 0.6) is 0 Å². The first-order valence-corrected chi connectivity index (χ1v) is 8.66. The van der Waals surface area contributed by atoms with Gasteiger partial charge in [-0.3, -0.25) is 19.1 Å². The standard InChI is InChI=1S/C19H17ClN4O3/c1-3-24-15-9-6-12(20)10-14(15)17(25)16(23-24)19(27)22-13-7-4-11(5-8-13)18(26)21-2/h4-10H,3H2,1-2H3,(H,21,26)(H,22,27). The molecule has 0 aliphatic carbocycles. The molecule has 0 bridgehead atoms. The van der Waals surface area contributed by atoms with Crippen LogP contribution in [-0.2, 0) is 6.54 Å². The Morgan fingerprint density at radius 1 is 1.11 bits per heavy atom. The van der Waals surface area contributed by atoms with Gasteiger partial charge in [0, 0.05) is 29.9 Å². The maximum Gasteiger partial charge on any atom is 0.280 e. The molecule has 138 valence electrons. The highest BCUT2D eigenvalue weighted by molar-refractivity contribution is 6.31. The van der Waals surface area contributed by atoms with Crippen molar-refractivity contribution in [3.05, 3.63) is 69.0 Å². The smallest absolute Gasteiger partial charge is 0.280 e. The second kappa shape index (κ2) is 7.59. The average molecular weight is 385 g/mol. The summed E-state index contributed by atoms with van der Waals surface area (Å²) in [6.45, 7) is 2.35. The van der Waals surface area contributed by atoms with Crippen molar-refractivity contribution >= 4 is 40.0 Å². The van der Waals surface area contributed by atoms with Gasteiger partial charge >= 0.3 is 0 Å². The molecular formula is C19H17ClN4O3. The summed E-state index contributed by atoms with van der Waals surface area (Å²) in [6, 6.07) is 11.2. The number of nitrogens with zero attached hydrogens (tertiary/aromatic N) is 2. The minimum Gasteiger partial charge on any atom is -0.355 e. The molecule has 0 spiro atoms. The molecule has 0 aliphatic heterocycles. The van der Waals surface area contributed by atoms with Gasteiger partial charge in [0.05, 0.1) is 10.9 Å². The van der Waals surface area contributed by atoms with Gasteiger partial charge in [-0.15, -0.1) is 0 Å². The molecule has 7 nitrogen and oxygen atoms in total. The fourth-order valence-corrected chi connectivity index (χ4v) is 2.86. The number of carbonyl (C=O) groups excluding carboxylic acids is 2. The third-order valence-corrected chi connectivity index (χ3v) is 4.30. The van der Waals surface area contributed by atoms with Crippen LogP contribution in [-0.4, -0.2) is 28.6 Å². The summed E-state index contributed by atoms with van der Waals surface area (Å²) in [6.07, 6.45) is 0. The van der Waals surface area contributed by atoms with E-state index in [1.807, 2.05) is 6.92 Å². The number of amides is 2. The number of carbonyl (C=O) groups is 2. The number of anilines is 1. The number of hydrogen-bond acceptors (Lipinski definition) is 4. The molecule has 2 aromatic carbocycles. The third-order valence-electron chi connectivity index (χ3n) is 4.06. The summed E-state index contributed by atoms with van der Waals surface area (Å²) in [4.78, 5) is 36.9. The van der Waals surface area contributed by atoms with E-state index in [1.54, 1.807) is 41.1 Å².